The fourth-order valence-corrected chi connectivity index (χ4v) is 1.53. The van der Waals surface area contributed by atoms with E-state index in [2.05, 4.69) is 29.4 Å². The predicted octanol–water partition coefficient (Wildman–Crippen LogP) is 2.39. The Hall–Kier alpha value is -1.62. The monoisotopic (exact) mass is 235 g/mol. The first kappa shape index (κ1) is 11.9. The summed E-state index contributed by atoms with van der Waals surface area (Å²) in [6.45, 7) is 6.76. The second-order valence-electron chi connectivity index (χ2n) is 4.15. The fourth-order valence-electron chi connectivity index (χ4n) is 1.53. The van der Waals surface area contributed by atoms with Gasteiger partial charge >= 0.3 is 0 Å². The van der Waals surface area contributed by atoms with E-state index in [1.807, 2.05) is 13.0 Å². The molecule has 2 rings (SSSR count). The van der Waals surface area contributed by atoms with Gasteiger partial charge in [0, 0.05) is 12.5 Å². The summed E-state index contributed by atoms with van der Waals surface area (Å²) in [6, 6.07) is 2.25. The maximum Gasteiger partial charge on any atom is 0.251 e. The molecular formula is C12H17N3O2. The third-order valence-corrected chi connectivity index (χ3v) is 2.43. The van der Waals surface area contributed by atoms with Gasteiger partial charge in [0.2, 0.25) is 5.89 Å². The van der Waals surface area contributed by atoms with Gasteiger partial charge in [-0.05, 0) is 6.07 Å². The first-order valence-corrected chi connectivity index (χ1v) is 5.83. The molecule has 92 valence electrons. The molecule has 2 heterocycles. The van der Waals surface area contributed by atoms with E-state index < -0.39 is 0 Å². The number of nitrogens with zero attached hydrogens (tertiary/aromatic N) is 2. The van der Waals surface area contributed by atoms with E-state index in [0.717, 1.165) is 17.7 Å². The van der Waals surface area contributed by atoms with Crippen molar-refractivity contribution in [3.05, 3.63) is 24.0 Å². The molecule has 1 N–H and O–H groups in total. The molecule has 0 aromatic carbocycles. The largest absolute Gasteiger partial charge is 0.469 e. The zero-order chi connectivity index (χ0) is 12.3. The highest BCUT2D eigenvalue weighted by molar-refractivity contribution is 5.54. The molecule has 0 saturated carbocycles. The Morgan fingerprint density at radius 2 is 2.18 bits per heavy atom. The number of nitrogens with one attached hydrogen (secondary N) is 1. The lowest BCUT2D eigenvalue weighted by Crippen LogP contribution is -2.21. The molecule has 0 amide bonds. The number of furan rings is 1. The van der Waals surface area contributed by atoms with Gasteiger partial charge in [0.15, 0.2) is 0 Å². The van der Waals surface area contributed by atoms with E-state index in [0.29, 0.717) is 24.4 Å². The molecular weight excluding hydrogens is 218 g/mol. The minimum Gasteiger partial charge on any atom is -0.469 e. The zero-order valence-corrected chi connectivity index (χ0v) is 10.4. The smallest absolute Gasteiger partial charge is 0.251 e. The van der Waals surface area contributed by atoms with Crippen LogP contribution >= 0.6 is 0 Å². The summed E-state index contributed by atoms with van der Waals surface area (Å²) in [6.07, 6.45) is 2.45. The molecule has 2 aromatic rings. The molecule has 0 saturated heterocycles. The van der Waals surface area contributed by atoms with Crippen molar-refractivity contribution in [1.82, 2.24) is 15.5 Å². The Morgan fingerprint density at radius 3 is 2.88 bits per heavy atom. The van der Waals surface area contributed by atoms with Crippen LogP contribution in [0.5, 0.6) is 0 Å². The molecule has 0 radical (unpaired) electrons. The normalized spacial score (nSPS) is 11.3. The Morgan fingerprint density at radius 1 is 1.35 bits per heavy atom. The average Bonchev–Trinajstić information content (AvgIpc) is 2.94. The van der Waals surface area contributed by atoms with Crippen molar-refractivity contribution >= 4 is 0 Å². The first-order chi connectivity index (χ1) is 8.20. The Labute approximate surface area is 100 Å². The summed E-state index contributed by atoms with van der Waals surface area (Å²) >= 11 is 0. The molecule has 0 atom stereocenters. The second kappa shape index (κ2) is 5.14. The summed E-state index contributed by atoms with van der Waals surface area (Å²) in [7, 11) is 0. The van der Waals surface area contributed by atoms with Gasteiger partial charge in [0.1, 0.15) is 5.76 Å². The number of hydrogen-bond acceptors (Lipinski definition) is 5. The van der Waals surface area contributed by atoms with Crippen molar-refractivity contribution < 1.29 is 8.83 Å². The Kier molecular flexibility index (Phi) is 3.58. The summed E-state index contributed by atoms with van der Waals surface area (Å²) in [4.78, 5) is 0. The van der Waals surface area contributed by atoms with Gasteiger partial charge in [-0.1, -0.05) is 20.8 Å². The van der Waals surface area contributed by atoms with Crippen LogP contribution in [-0.2, 0) is 13.0 Å². The molecule has 0 aliphatic heterocycles. The third-order valence-electron chi connectivity index (χ3n) is 2.43. The topological polar surface area (TPSA) is 64.1 Å². The van der Waals surface area contributed by atoms with E-state index in [1.165, 1.54) is 0 Å². The van der Waals surface area contributed by atoms with Gasteiger partial charge < -0.3 is 14.2 Å². The zero-order valence-electron chi connectivity index (χ0n) is 10.4. The summed E-state index contributed by atoms with van der Waals surface area (Å²) in [5.41, 5.74) is 0.885. The van der Waals surface area contributed by atoms with Crippen LogP contribution in [0, 0.1) is 0 Å². The Balaban J connectivity index is 2.12. The summed E-state index contributed by atoms with van der Waals surface area (Å²) in [5, 5.41) is 11.3. The Bertz CT molecular complexity index is 474. The van der Waals surface area contributed by atoms with Crippen molar-refractivity contribution in [3.63, 3.8) is 0 Å². The minimum atomic E-state index is 0.394. The fraction of sp³-hybridized carbons (Fsp3) is 0.500. The minimum absolute atomic E-state index is 0.394. The molecule has 5 heteroatoms. The molecule has 0 spiro atoms. The van der Waals surface area contributed by atoms with Crippen LogP contribution in [0.4, 0.5) is 0 Å². The molecule has 5 nitrogen and oxygen atoms in total. The molecule has 2 aromatic heterocycles. The number of aromatic nitrogens is 2. The van der Waals surface area contributed by atoms with Crippen molar-refractivity contribution in [1.29, 1.82) is 0 Å². The van der Waals surface area contributed by atoms with Crippen molar-refractivity contribution in [3.8, 4) is 11.5 Å². The average molecular weight is 235 g/mol. The number of hydrogen-bond donors (Lipinski definition) is 1. The van der Waals surface area contributed by atoms with Crippen LogP contribution in [-0.4, -0.2) is 16.2 Å². The molecule has 17 heavy (non-hydrogen) atoms. The predicted molar refractivity (Wildman–Crippen MR) is 63.4 cm³/mol. The molecule has 0 bridgehead atoms. The van der Waals surface area contributed by atoms with Gasteiger partial charge in [-0.3, -0.25) is 0 Å². The highest BCUT2D eigenvalue weighted by Crippen LogP contribution is 2.23. The SMILES string of the molecule is CCc1occc1-c1nnc(CNC(C)C)o1. The second-order valence-corrected chi connectivity index (χ2v) is 4.15. The van der Waals surface area contributed by atoms with E-state index in [4.69, 9.17) is 8.83 Å². The lowest BCUT2D eigenvalue weighted by molar-refractivity contribution is 0.456. The van der Waals surface area contributed by atoms with Crippen molar-refractivity contribution in [2.24, 2.45) is 0 Å². The van der Waals surface area contributed by atoms with Gasteiger partial charge in [0.05, 0.1) is 18.4 Å². The van der Waals surface area contributed by atoms with Gasteiger partial charge in [0.25, 0.3) is 5.89 Å². The summed E-state index contributed by atoms with van der Waals surface area (Å²) in [5.74, 6) is 1.99. The maximum absolute atomic E-state index is 5.58. The van der Waals surface area contributed by atoms with Gasteiger partial charge in [-0.15, -0.1) is 10.2 Å². The van der Waals surface area contributed by atoms with Crippen LogP contribution in [0.1, 0.15) is 32.4 Å². The van der Waals surface area contributed by atoms with Crippen molar-refractivity contribution in [2.75, 3.05) is 0 Å². The van der Waals surface area contributed by atoms with Crippen LogP contribution in [0.25, 0.3) is 11.5 Å². The third kappa shape index (κ3) is 2.74. The molecule has 0 aliphatic rings. The lowest BCUT2D eigenvalue weighted by Gasteiger charge is -2.03. The number of aryl methyl sites for hydroxylation is 1. The van der Waals surface area contributed by atoms with Gasteiger partial charge in [-0.2, -0.15) is 0 Å². The lowest BCUT2D eigenvalue weighted by atomic mass is 10.2. The highest BCUT2D eigenvalue weighted by atomic mass is 16.4. The highest BCUT2D eigenvalue weighted by Gasteiger charge is 2.14. The van der Waals surface area contributed by atoms with Crippen LogP contribution in [0.2, 0.25) is 0 Å². The van der Waals surface area contributed by atoms with E-state index >= 15 is 0 Å². The number of rotatable bonds is 5. The van der Waals surface area contributed by atoms with Gasteiger partial charge in [-0.25, -0.2) is 0 Å². The van der Waals surface area contributed by atoms with Crippen molar-refractivity contribution in [2.45, 2.75) is 39.8 Å². The van der Waals surface area contributed by atoms with Crippen LogP contribution < -0.4 is 5.32 Å². The summed E-state index contributed by atoms with van der Waals surface area (Å²) < 4.78 is 10.9. The van der Waals surface area contributed by atoms with Crippen LogP contribution in [0.15, 0.2) is 21.2 Å². The standard InChI is InChI=1S/C12H17N3O2/c1-4-10-9(5-6-16-10)12-15-14-11(17-12)7-13-8(2)3/h5-6,8,13H,4,7H2,1-3H3. The molecule has 0 unspecified atom stereocenters. The maximum atomic E-state index is 5.58. The molecule has 0 aliphatic carbocycles. The van der Waals surface area contributed by atoms with E-state index in [9.17, 15) is 0 Å². The van der Waals surface area contributed by atoms with E-state index in [-0.39, 0.29) is 0 Å². The van der Waals surface area contributed by atoms with Crippen LogP contribution in [0.3, 0.4) is 0 Å². The quantitative estimate of drug-likeness (QED) is 0.862. The molecule has 0 fully saturated rings. The van der Waals surface area contributed by atoms with E-state index in [1.54, 1.807) is 6.26 Å². The first-order valence-electron chi connectivity index (χ1n) is 5.83.